The lowest BCUT2D eigenvalue weighted by atomic mass is 9.92. The molecule has 0 saturated carbocycles. The molecule has 0 aliphatic carbocycles. The maximum absolute atomic E-state index is 12.9. The molecule has 2 aliphatic rings. The summed E-state index contributed by atoms with van der Waals surface area (Å²) in [5.41, 5.74) is 0.596. The highest BCUT2D eigenvalue weighted by Crippen LogP contribution is 2.30. The molecule has 1 unspecified atom stereocenters. The summed E-state index contributed by atoms with van der Waals surface area (Å²) in [5.74, 6) is 2.11. The molecule has 0 radical (unpaired) electrons. The Morgan fingerprint density at radius 3 is 2.46 bits per heavy atom. The Morgan fingerprint density at radius 2 is 1.82 bits per heavy atom. The van der Waals surface area contributed by atoms with Gasteiger partial charge in [-0.2, -0.15) is 0 Å². The van der Waals surface area contributed by atoms with Crippen molar-refractivity contribution in [1.82, 2.24) is 9.80 Å². The van der Waals surface area contributed by atoms with Gasteiger partial charge in [0.15, 0.2) is 11.5 Å². The van der Waals surface area contributed by atoms with Crippen LogP contribution in [0.15, 0.2) is 18.2 Å². The van der Waals surface area contributed by atoms with Crippen molar-refractivity contribution in [3.05, 3.63) is 23.8 Å². The maximum Gasteiger partial charge on any atom is 0.253 e. The van der Waals surface area contributed by atoms with Gasteiger partial charge in [-0.15, -0.1) is 0 Å². The van der Waals surface area contributed by atoms with E-state index < -0.39 is 0 Å². The SMILES string of the molecule is CCOc1cc(C(=O)N2CCC(C(=O)N3CCCC(C)C3)CC2)ccc1OC. The van der Waals surface area contributed by atoms with Gasteiger partial charge in [0.05, 0.1) is 13.7 Å². The molecule has 6 nitrogen and oxygen atoms in total. The normalized spacial score (nSPS) is 20.8. The molecule has 28 heavy (non-hydrogen) atoms. The zero-order chi connectivity index (χ0) is 20.1. The molecule has 0 bridgehead atoms. The Labute approximate surface area is 167 Å². The van der Waals surface area contributed by atoms with Crippen LogP contribution < -0.4 is 9.47 Å². The van der Waals surface area contributed by atoms with Crippen LogP contribution in [0, 0.1) is 11.8 Å². The zero-order valence-corrected chi connectivity index (χ0v) is 17.3. The molecule has 0 spiro atoms. The lowest BCUT2D eigenvalue weighted by Gasteiger charge is -2.37. The van der Waals surface area contributed by atoms with Crippen molar-refractivity contribution < 1.29 is 19.1 Å². The lowest BCUT2D eigenvalue weighted by molar-refractivity contribution is -0.138. The summed E-state index contributed by atoms with van der Waals surface area (Å²) in [6.45, 7) is 7.63. The molecule has 6 heteroatoms. The molecule has 2 amide bonds. The predicted molar refractivity (Wildman–Crippen MR) is 108 cm³/mol. The summed E-state index contributed by atoms with van der Waals surface area (Å²) >= 11 is 0. The van der Waals surface area contributed by atoms with E-state index in [9.17, 15) is 9.59 Å². The Kier molecular flexibility index (Phi) is 6.81. The van der Waals surface area contributed by atoms with Gasteiger partial charge >= 0.3 is 0 Å². The van der Waals surface area contributed by atoms with Gasteiger partial charge in [0.1, 0.15) is 0 Å². The number of rotatable bonds is 5. The van der Waals surface area contributed by atoms with Gasteiger partial charge in [-0.25, -0.2) is 0 Å². The van der Waals surface area contributed by atoms with Crippen LogP contribution in [0.2, 0.25) is 0 Å². The van der Waals surface area contributed by atoms with Gasteiger partial charge < -0.3 is 19.3 Å². The van der Waals surface area contributed by atoms with Crippen molar-refractivity contribution in [3.63, 3.8) is 0 Å². The van der Waals surface area contributed by atoms with E-state index in [0.717, 1.165) is 32.4 Å². The number of carbonyl (C=O) groups is 2. The fourth-order valence-corrected chi connectivity index (χ4v) is 4.24. The smallest absolute Gasteiger partial charge is 0.253 e. The van der Waals surface area contributed by atoms with E-state index >= 15 is 0 Å². The van der Waals surface area contributed by atoms with Crippen LogP contribution in [0.4, 0.5) is 0 Å². The molecule has 2 fully saturated rings. The number of nitrogens with zero attached hydrogens (tertiary/aromatic N) is 2. The second kappa shape index (κ2) is 9.30. The zero-order valence-electron chi connectivity index (χ0n) is 17.3. The summed E-state index contributed by atoms with van der Waals surface area (Å²) in [7, 11) is 1.59. The summed E-state index contributed by atoms with van der Waals surface area (Å²) in [5, 5.41) is 0. The number of piperidine rings is 2. The summed E-state index contributed by atoms with van der Waals surface area (Å²) in [6.07, 6.45) is 3.79. The van der Waals surface area contributed by atoms with Gasteiger partial charge in [0.2, 0.25) is 5.91 Å². The first-order valence-electron chi connectivity index (χ1n) is 10.4. The topological polar surface area (TPSA) is 59.1 Å². The van der Waals surface area contributed by atoms with Crippen molar-refractivity contribution in [2.24, 2.45) is 11.8 Å². The highest BCUT2D eigenvalue weighted by atomic mass is 16.5. The average molecular weight is 389 g/mol. The molecule has 0 aromatic heterocycles. The highest BCUT2D eigenvalue weighted by molar-refractivity contribution is 5.95. The Bertz CT molecular complexity index is 698. The van der Waals surface area contributed by atoms with Crippen LogP contribution in [0.3, 0.4) is 0 Å². The number of benzene rings is 1. The molecule has 154 valence electrons. The number of methoxy groups -OCH3 is 1. The van der Waals surface area contributed by atoms with Crippen LogP contribution in [0.25, 0.3) is 0 Å². The molecule has 2 saturated heterocycles. The third-order valence-corrected chi connectivity index (χ3v) is 5.81. The number of hydrogen-bond acceptors (Lipinski definition) is 4. The third kappa shape index (κ3) is 4.59. The lowest BCUT2D eigenvalue weighted by Crippen LogP contribution is -2.47. The van der Waals surface area contributed by atoms with E-state index in [4.69, 9.17) is 9.47 Å². The largest absolute Gasteiger partial charge is 0.493 e. The molecular weight excluding hydrogens is 356 g/mol. The number of likely N-dealkylation sites (tertiary alicyclic amines) is 2. The van der Waals surface area contributed by atoms with Gasteiger partial charge in [0.25, 0.3) is 5.91 Å². The van der Waals surface area contributed by atoms with Crippen molar-refractivity contribution >= 4 is 11.8 Å². The third-order valence-electron chi connectivity index (χ3n) is 5.81. The van der Waals surface area contributed by atoms with E-state index in [2.05, 4.69) is 6.92 Å². The van der Waals surface area contributed by atoms with Crippen LogP contribution in [0.1, 0.15) is 49.9 Å². The minimum atomic E-state index is -0.0129. The first-order valence-corrected chi connectivity index (χ1v) is 10.4. The summed E-state index contributed by atoms with van der Waals surface area (Å²) in [4.78, 5) is 29.6. The number of ether oxygens (including phenoxy) is 2. The van der Waals surface area contributed by atoms with Gasteiger partial charge in [-0.3, -0.25) is 9.59 Å². The van der Waals surface area contributed by atoms with Crippen molar-refractivity contribution in [1.29, 1.82) is 0 Å². The van der Waals surface area contributed by atoms with Gasteiger partial charge in [-0.05, 0) is 56.7 Å². The first-order chi connectivity index (χ1) is 13.5. The molecule has 0 N–H and O–H groups in total. The van der Waals surface area contributed by atoms with E-state index in [1.54, 1.807) is 25.3 Å². The average Bonchev–Trinajstić information content (AvgIpc) is 2.73. The van der Waals surface area contributed by atoms with Crippen LogP contribution in [0.5, 0.6) is 11.5 Å². The van der Waals surface area contributed by atoms with Crippen LogP contribution in [-0.4, -0.2) is 61.5 Å². The summed E-state index contributed by atoms with van der Waals surface area (Å²) < 4.78 is 10.9. The van der Waals surface area contributed by atoms with Crippen LogP contribution in [-0.2, 0) is 4.79 Å². The fourth-order valence-electron chi connectivity index (χ4n) is 4.24. The number of amides is 2. The van der Waals surface area contributed by atoms with Crippen molar-refractivity contribution in [3.8, 4) is 11.5 Å². The quantitative estimate of drug-likeness (QED) is 0.777. The van der Waals surface area contributed by atoms with E-state index in [-0.39, 0.29) is 17.7 Å². The second-order valence-electron chi connectivity index (χ2n) is 7.90. The van der Waals surface area contributed by atoms with Gasteiger partial charge in [0, 0.05) is 37.7 Å². The molecule has 1 atom stereocenters. The molecule has 2 aliphatic heterocycles. The first kappa shape index (κ1) is 20.5. The Morgan fingerprint density at radius 1 is 1.07 bits per heavy atom. The molecule has 1 aromatic carbocycles. The molecule has 2 heterocycles. The van der Waals surface area contributed by atoms with Crippen molar-refractivity contribution in [2.45, 2.75) is 39.5 Å². The predicted octanol–water partition coefficient (Wildman–Crippen LogP) is 3.20. The highest BCUT2D eigenvalue weighted by Gasteiger charge is 2.32. The molecule has 3 rings (SSSR count). The Balaban J connectivity index is 1.59. The number of hydrogen-bond donors (Lipinski definition) is 0. The monoisotopic (exact) mass is 388 g/mol. The van der Waals surface area contributed by atoms with Gasteiger partial charge in [-0.1, -0.05) is 6.92 Å². The van der Waals surface area contributed by atoms with E-state index in [1.165, 1.54) is 6.42 Å². The fraction of sp³-hybridized carbons (Fsp3) is 0.636. The maximum atomic E-state index is 12.9. The number of carbonyl (C=O) groups excluding carboxylic acids is 2. The minimum Gasteiger partial charge on any atom is -0.493 e. The van der Waals surface area contributed by atoms with Crippen LogP contribution >= 0.6 is 0 Å². The Hall–Kier alpha value is -2.24. The molecule has 1 aromatic rings. The standard InChI is InChI=1S/C22H32N2O4/c1-4-28-20-14-18(7-8-19(20)27-3)22(26)23-12-9-17(10-13-23)21(25)24-11-5-6-16(2)15-24/h7-8,14,16-17H,4-6,9-13,15H2,1-3H3. The van der Waals surface area contributed by atoms with E-state index in [1.807, 2.05) is 16.7 Å². The van der Waals surface area contributed by atoms with E-state index in [0.29, 0.717) is 42.7 Å². The minimum absolute atomic E-state index is 0.0129. The molecular formula is C22H32N2O4. The van der Waals surface area contributed by atoms with Crippen molar-refractivity contribution in [2.75, 3.05) is 39.9 Å². The second-order valence-corrected chi connectivity index (χ2v) is 7.90. The summed E-state index contributed by atoms with van der Waals surface area (Å²) in [6, 6.07) is 5.29.